The maximum absolute atomic E-state index is 11.8. The number of carbonyl (C=O) groups is 1. The Morgan fingerprint density at radius 2 is 1.78 bits per heavy atom. The van der Waals surface area contributed by atoms with E-state index >= 15 is 0 Å². The second-order valence-electron chi connectivity index (χ2n) is 7.13. The summed E-state index contributed by atoms with van der Waals surface area (Å²) >= 11 is 0. The Labute approximate surface area is 140 Å². The Kier molecular flexibility index (Phi) is 6.46. The molecule has 0 radical (unpaired) electrons. The molecule has 1 heterocycles. The molecule has 1 fully saturated rings. The molecule has 1 saturated heterocycles. The van der Waals surface area contributed by atoms with E-state index < -0.39 is 0 Å². The van der Waals surface area contributed by atoms with Gasteiger partial charge in [0.05, 0.1) is 6.61 Å². The van der Waals surface area contributed by atoms with Crippen LogP contribution in [0.1, 0.15) is 37.0 Å². The fourth-order valence-electron chi connectivity index (χ4n) is 3.40. The Hall–Kier alpha value is -1.55. The summed E-state index contributed by atoms with van der Waals surface area (Å²) in [6.45, 7) is 8.94. The molecule has 0 aliphatic carbocycles. The second-order valence-corrected chi connectivity index (χ2v) is 7.13. The van der Waals surface area contributed by atoms with Crippen LogP contribution in [-0.2, 0) is 0 Å². The molecule has 2 atom stereocenters. The highest BCUT2D eigenvalue weighted by Crippen LogP contribution is 2.21. The lowest BCUT2D eigenvalue weighted by Crippen LogP contribution is -2.39. The van der Waals surface area contributed by atoms with Crippen LogP contribution in [0.5, 0.6) is 5.75 Å². The second kappa shape index (κ2) is 8.34. The summed E-state index contributed by atoms with van der Waals surface area (Å²) in [6, 6.07) is 7.40. The third-order valence-corrected chi connectivity index (χ3v) is 4.34. The molecule has 0 spiro atoms. The minimum atomic E-state index is 0.0184. The van der Waals surface area contributed by atoms with E-state index in [9.17, 15) is 4.79 Å². The monoisotopic (exact) mass is 318 g/mol. The van der Waals surface area contributed by atoms with E-state index in [1.807, 2.05) is 24.3 Å². The highest BCUT2D eigenvalue weighted by molar-refractivity contribution is 5.93. The average molecular weight is 318 g/mol. The molecule has 23 heavy (non-hydrogen) atoms. The number of rotatable bonds is 6. The van der Waals surface area contributed by atoms with Crippen molar-refractivity contribution >= 4 is 5.91 Å². The summed E-state index contributed by atoms with van der Waals surface area (Å²) in [4.78, 5) is 16.0. The van der Waals surface area contributed by atoms with Crippen LogP contribution in [0.15, 0.2) is 24.3 Å². The van der Waals surface area contributed by atoms with Gasteiger partial charge in [-0.3, -0.25) is 4.79 Å². The highest BCUT2D eigenvalue weighted by atomic mass is 16.5. The van der Waals surface area contributed by atoms with Gasteiger partial charge in [-0.15, -0.1) is 0 Å². The Morgan fingerprint density at radius 3 is 2.35 bits per heavy atom. The first kappa shape index (κ1) is 17.8. The van der Waals surface area contributed by atoms with Gasteiger partial charge in [-0.25, -0.2) is 0 Å². The lowest BCUT2D eigenvalue weighted by molar-refractivity contribution is 0.0827. The van der Waals surface area contributed by atoms with Crippen molar-refractivity contribution in [3.05, 3.63) is 29.8 Å². The van der Waals surface area contributed by atoms with Gasteiger partial charge < -0.3 is 14.5 Å². The standard InChI is InChI=1S/C19H30N2O2/c1-15-12-16(2)14-21(13-15)10-5-11-23-18-8-6-17(7-9-18)19(22)20(3)4/h6-9,15-16H,5,10-14H2,1-4H3/t15-,16+. The van der Waals surface area contributed by atoms with Gasteiger partial charge in [-0.1, -0.05) is 13.8 Å². The van der Waals surface area contributed by atoms with Crippen LogP contribution in [0.25, 0.3) is 0 Å². The minimum absolute atomic E-state index is 0.0184. The van der Waals surface area contributed by atoms with Gasteiger partial charge >= 0.3 is 0 Å². The number of ether oxygens (including phenoxy) is 1. The average Bonchev–Trinajstić information content (AvgIpc) is 2.50. The molecule has 0 bridgehead atoms. The van der Waals surface area contributed by atoms with E-state index in [-0.39, 0.29) is 5.91 Å². The molecule has 4 heteroatoms. The number of benzene rings is 1. The normalized spacial score (nSPS) is 21.9. The summed E-state index contributed by atoms with van der Waals surface area (Å²) in [5.74, 6) is 2.47. The maximum Gasteiger partial charge on any atom is 0.253 e. The van der Waals surface area contributed by atoms with Gasteiger partial charge in [0.1, 0.15) is 5.75 Å². The zero-order valence-corrected chi connectivity index (χ0v) is 14.9. The van der Waals surface area contributed by atoms with Gasteiger partial charge in [0.25, 0.3) is 5.91 Å². The Balaban J connectivity index is 1.71. The van der Waals surface area contributed by atoms with Crippen molar-refractivity contribution in [1.82, 2.24) is 9.80 Å². The van der Waals surface area contributed by atoms with Crippen molar-refractivity contribution in [2.75, 3.05) is 40.3 Å². The summed E-state index contributed by atoms with van der Waals surface area (Å²) in [6.07, 6.45) is 2.39. The number of hydrogen-bond donors (Lipinski definition) is 0. The SMILES string of the molecule is C[C@@H]1C[C@H](C)CN(CCCOc2ccc(C(=O)N(C)C)cc2)C1. The molecule has 0 N–H and O–H groups in total. The molecule has 1 aliphatic heterocycles. The van der Waals surface area contributed by atoms with Crippen molar-refractivity contribution in [2.24, 2.45) is 11.8 Å². The predicted molar refractivity (Wildman–Crippen MR) is 94.0 cm³/mol. The zero-order valence-electron chi connectivity index (χ0n) is 14.9. The molecule has 0 aromatic heterocycles. The molecule has 1 amide bonds. The van der Waals surface area contributed by atoms with E-state index in [1.54, 1.807) is 19.0 Å². The molecule has 128 valence electrons. The topological polar surface area (TPSA) is 32.8 Å². The van der Waals surface area contributed by atoms with Gasteiger partial charge in [0.2, 0.25) is 0 Å². The van der Waals surface area contributed by atoms with Crippen LogP contribution in [0, 0.1) is 11.8 Å². The Bertz CT molecular complexity index is 489. The Morgan fingerprint density at radius 1 is 1.17 bits per heavy atom. The van der Waals surface area contributed by atoms with E-state index in [1.165, 1.54) is 19.5 Å². The molecule has 0 unspecified atom stereocenters. The van der Waals surface area contributed by atoms with E-state index in [4.69, 9.17) is 4.74 Å². The largest absolute Gasteiger partial charge is 0.494 e. The fraction of sp³-hybridized carbons (Fsp3) is 0.632. The molecular weight excluding hydrogens is 288 g/mol. The minimum Gasteiger partial charge on any atom is -0.494 e. The molecule has 0 saturated carbocycles. The first-order valence-corrected chi connectivity index (χ1v) is 8.62. The fourth-order valence-corrected chi connectivity index (χ4v) is 3.40. The smallest absolute Gasteiger partial charge is 0.253 e. The number of likely N-dealkylation sites (tertiary alicyclic amines) is 1. The molecule has 4 nitrogen and oxygen atoms in total. The van der Waals surface area contributed by atoms with E-state index in [0.717, 1.165) is 37.2 Å². The van der Waals surface area contributed by atoms with Crippen LogP contribution in [0.3, 0.4) is 0 Å². The summed E-state index contributed by atoms with van der Waals surface area (Å²) in [7, 11) is 3.52. The molecule has 1 aromatic rings. The van der Waals surface area contributed by atoms with Gasteiger partial charge in [-0.2, -0.15) is 0 Å². The molecule has 2 rings (SSSR count). The summed E-state index contributed by atoms with van der Waals surface area (Å²) in [5.41, 5.74) is 0.693. The first-order chi connectivity index (χ1) is 11.0. The van der Waals surface area contributed by atoms with Crippen molar-refractivity contribution in [3.63, 3.8) is 0 Å². The summed E-state index contributed by atoms with van der Waals surface area (Å²) in [5, 5.41) is 0. The van der Waals surface area contributed by atoms with Gasteiger partial charge in [-0.05, 0) is 48.9 Å². The van der Waals surface area contributed by atoms with Gasteiger partial charge in [0.15, 0.2) is 0 Å². The highest BCUT2D eigenvalue weighted by Gasteiger charge is 2.21. The lowest BCUT2D eigenvalue weighted by Gasteiger charge is -2.34. The van der Waals surface area contributed by atoms with E-state index in [0.29, 0.717) is 5.56 Å². The van der Waals surface area contributed by atoms with Crippen LogP contribution in [0.2, 0.25) is 0 Å². The number of carbonyl (C=O) groups excluding carboxylic acids is 1. The first-order valence-electron chi connectivity index (χ1n) is 8.62. The zero-order chi connectivity index (χ0) is 16.8. The van der Waals surface area contributed by atoms with Crippen molar-refractivity contribution in [2.45, 2.75) is 26.7 Å². The number of hydrogen-bond acceptors (Lipinski definition) is 3. The quantitative estimate of drug-likeness (QED) is 0.756. The third kappa shape index (κ3) is 5.54. The molecule has 1 aliphatic rings. The third-order valence-electron chi connectivity index (χ3n) is 4.34. The van der Waals surface area contributed by atoms with Crippen molar-refractivity contribution < 1.29 is 9.53 Å². The lowest BCUT2D eigenvalue weighted by atomic mass is 9.92. The van der Waals surface area contributed by atoms with E-state index in [2.05, 4.69) is 18.7 Å². The number of amides is 1. The van der Waals surface area contributed by atoms with Crippen LogP contribution in [-0.4, -0.2) is 56.0 Å². The number of nitrogens with zero attached hydrogens (tertiary/aromatic N) is 2. The molecular formula is C19H30N2O2. The number of piperidine rings is 1. The summed E-state index contributed by atoms with van der Waals surface area (Å²) < 4.78 is 5.79. The van der Waals surface area contributed by atoms with Gasteiger partial charge in [0, 0.05) is 39.3 Å². The van der Waals surface area contributed by atoms with Crippen LogP contribution >= 0.6 is 0 Å². The predicted octanol–water partition coefficient (Wildman–Crippen LogP) is 3.14. The molecule has 1 aromatic carbocycles. The van der Waals surface area contributed by atoms with Crippen LogP contribution in [0.4, 0.5) is 0 Å². The van der Waals surface area contributed by atoms with Crippen molar-refractivity contribution in [3.8, 4) is 5.75 Å². The maximum atomic E-state index is 11.8. The van der Waals surface area contributed by atoms with Crippen molar-refractivity contribution in [1.29, 1.82) is 0 Å². The van der Waals surface area contributed by atoms with Crippen LogP contribution < -0.4 is 4.74 Å².